The van der Waals surface area contributed by atoms with Gasteiger partial charge in [0.2, 0.25) is 0 Å². The van der Waals surface area contributed by atoms with E-state index in [2.05, 4.69) is 0 Å². The van der Waals surface area contributed by atoms with Crippen molar-refractivity contribution in [3.05, 3.63) is 68.0 Å². The highest BCUT2D eigenvalue weighted by Gasteiger charge is 2.57. The van der Waals surface area contributed by atoms with Gasteiger partial charge in [0.1, 0.15) is 11.4 Å². The third-order valence-electron chi connectivity index (χ3n) is 6.42. The van der Waals surface area contributed by atoms with Gasteiger partial charge in [-0.1, -0.05) is 18.9 Å². The fourth-order valence-corrected chi connectivity index (χ4v) is 4.96. The molecule has 1 aliphatic heterocycles. The first-order valence-electron chi connectivity index (χ1n) is 9.85. The van der Waals surface area contributed by atoms with E-state index in [-0.39, 0.29) is 36.2 Å². The van der Waals surface area contributed by atoms with Gasteiger partial charge in [0, 0.05) is 26.7 Å². The molecule has 2 aromatic rings. The Balaban J connectivity index is 1.60. The number of aliphatic hydroxyl groups is 1. The van der Waals surface area contributed by atoms with E-state index in [1.54, 1.807) is 6.07 Å². The highest BCUT2D eigenvalue weighted by Crippen LogP contribution is 2.42. The number of carbonyl (C=O) groups is 1. The summed E-state index contributed by atoms with van der Waals surface area (Å²) in [5.74, 6) is -3.34. The predicted molar refractivity (Wildman–Crippen MR) is 115 cm³/mol. The summed E-state index contributed by atoms with van der Waals surface area (Å²) in [5, 5.41) is 10.9. The number of likely N-dealkylation sites (tertiary alicyclic amines) is 1. The number of amides is 1. The summed E-state index contributed by atoms with van der Waals surface area (Å²) in [7, 11) is 0. The molecule has 1 saturated carbocycles. The van der Waals surface area contributed by atoms with Crippen LogP contribution in [0.1, 0.15) is 47.2 Å². The second kappa shape index (κ2) is 7.80. The molecule has 8 heteroatoms. The lowest BCUT2D eigenvalue weighted by Crippen LogP contribution is -2.76. The smallest absolute Gasteiger partial charge is 0.254 e. The molecular formula is C22H22F3IN2O2. The number of nitrogens with two attached hydrogens (primary N) is 1. The van der Waals surface area contributed by atoms with Crippen LogP contribution in [0.3, 0.4) is 0 Å². The predicted octanol–water partition coefficient (Wildman–Crippen LogP) is 3.76. The summed E-state index contributed by atoms with van der Waals surface area (Å²) < 4.78 is 43.5. The summed E-state index contributed by atoms with van der Waals surface area (Å²) in [5.41, 5.74) is 4.39. The highest BCUT2D eigenvalue weighted by molar-refractivity contribution is 14.1. The third-order valence-corrected chi connectivity index (χ3v) is 7.09. The molecule has 0 unspecified atom stereocenters. The average Bonchev–Trinajstić information content (AvgIpc) is 3.12. The molecule has 2 aromatic carbocycles. The molecule has 1 aliphatic carbocycles. The van der Waals surface area contributed by atoms with Crippen LogP contribution in [0.25, 0.3) is 0 Å². The SMILES string of the molecule is NC1(C2(O)CN(C(=O)c3ccc(F)c(F)c3Cc3ccc(I)cc3F)C2)CCCC1. The van der Waals surface area contributed by atoms with Gasteiger partial charge in [-0.05, 0) is 65.3 Å². The molecule has 4 rings (SSSR count). The zero-order valence-corrected chi connectivity index (χ0v) is 18.4. The summed E-state index contributed by atoms with van der Waals surface area (Å²) in [6, 6.07) is 6.56. The Bertz CT molecular complexity index is 1000. The Labute approximate surface area is 186 Å². The van der Waals surface area contributed by atoms with Crippen LogP contribution in [0.4, 0.5) is 13.2 Å². The molecule has 1 heterocycles. The Hall–Kier alpha value is -1.65. The van der Waals surface area contributed by atoms with Crippen LogP contribution < -0.4 is 5.73 Å². The fraction of sp³-hybridized carbons (Fsp3) is 0.409. The number of hydrogen-bond donors (Lipinski definition) is 2. The zero-order valence-electron chi connectivity index (χ0n) is 16.2. The normalized spacial score (nSPS) is 19.6. The standard InChI is InChI=1S/C22H22F3IN2O2/c23-17-6-5-15(16(19(17)25)9-13-3-4-14(26)10-18(13)24)20(29)28-11-22(30,12-28)21(27)7-1-2-8-21/h3-6,10,30H,1-2,7-9,11-12,27H2. The van der Waals surface area contributed by atoms with Crippen molar-refractivity contribution >= 4 is 28.5 Å². The minimum absolute atomic E-state index is 0.0357. The molecular weight excluding hydrogens is 508 g/mol. The second-order valence-electron chi connectivity index (χ2n) is 8.36. The monoisotopic (exact) mass is 530 g/mol. The van der Waals surface area contributed by atoms with E-state index < -0.39 is 34.5 Å². The first-order chi connectivity index (χ1) is 14.1. The molecule has 4 nitrogen and oxygen atoms in total. The molecule has 2 aliphatic rings. The molecule has 0 bridgehead atoms. The van der Waals surface area contributed by atoms with Crippen LogP contribution in [0.5, 0.6) is 0 Å². The van der Waals surface area contributed by atoms with Crippen LogP contribution in [0.15, 0.2) is 30.3 Å². The lowest BCUT2D eigenvalue weighted by molar-refractivity contribution is -0.128. The molecule has 2 fully saturated rings. The molecule has 3 N–H and O–H groups in total. The van der Waals surface area contributed by atoms with Crippen LogP contribution >= 0.6 is 22.6 Å². The topological polar surface area (TPSA) is 66.6 Å². The number of carbonyl (C=O) groups excluding carboxylic acids is 1. The summed E-state index contributed by atoms with van der Waals surface area (Å²) in [6.45, 7) is 0.0807. The first kappa shape index (κ1) is 21.6. The lowest BCUT2D eigenvalue weighted by atomic mass is 9.73. The first-order valence-corrected chi connectivity index (χ1v) is 10.9. The molecule has 0 atom stereocenters. The number of halogens is 4. The minimum atomic E-state index is -1.18. The van der Waals surface area contributed by atoms with Gasteiger partial charge in [0.25, 0.3) is 5.91 Å². The van der Waals surface area contributed by atoms with E-state index in [1.165, 1.54) is 23.1 Å². The lowest BCUT2D eigenvalue weighted by Gasteiger charge is -2.54. The van der Waals surface area contributed by atoms with Crippen molar-refractivity contribution in [2.45, 2.75) is 43.2 Å². The van der Waals surface area contributed by atoms with Gasteiger partial charge < -0.3 is 15.7 Å². The molecule has 0 aromatic heterocycles. The van der Waals surface area contributed by atoms with Crippen LogP contribution in [-0.4, -0.2) is 40.1 Å². The van der Waals surface area contributed by atoms with E-state index in [9.17, 15) is 23.1 Å². The van der Waals surface area contributed by atoms with Gasteiger partial charge in [0.15, 0.2) is 11.6 Å². The van der Waals surface area contributed by atoms with Crippen molar-refractivity contribution in [2.24, 2.45) is 5.73 Å². The number of nitrogens with zero attached hydrogens (tertiary/aromatic N) is 1. The zero-order chi connectivity index (χ0) is 21.7. The Kier molecular flexibility index (Phi) is 5.61. The number of rotatable bonds is 4. The van der Waals surface area contributed by atoms with Crippen molar-refractivity contribution in [2.75, 3.05) is 13.1 Å². The molecule has 0 radical (unpaired) electrons. The number of β-amino-alcohol motifs (C(OH)–C–C–N with tert-alkyl or cyclic N) is 1. The highest BCUT2D eigenvalue weighted by atomic mass is 127. The van der Waals surface area contributed by atoms with Crippen LogP contribution in [-0.2, 0) is 6.42 Å². The maximum absolute atomic E-state index is 14.6. The maximum atomic E-state index is 14.6. The molecule has 0 spiro atoms. The minimum Gasteiger partial charge on any atom is -0.384 e. The van der Waals surface area contributed by atoms with Crippen molar-refractivity contribution in [3.63, 3.8) is 0 Å². The third kappa shape index (κ3) is 3.62. The van der Waals surface area contributed by atoms with Gasteiger partial charge >= 0.3 is 0 Å². The summed E-state index contributed by atoms with van der Waals surface area (Å²) in [4.78, 5) is 14.4. The maximum Gasteiger partial charge on any atom is 0.254 e. The molecule has 1 saturated heterocycles. The van der Waals surface area contributed by atoms with E-state index in [0.717, 1.165) is 18.9 Å². The number of hydrogen-bond acceptors (Lipinski definition) is 3. The van der Waals surface area contributed by atoms with Crippen LogP contribution in [0.2, 0.25) is 0 Å². The van der Waals surface area contributed by atoms with Crippen LogP contribution in [0, 0.1) is 21.0 Å². The molecule has 1 amide bonds. The average molecular weight is 530 g/mol. The Morgan fingerprint density at radius 2 is 1.77 bits per heavy atom. The van der Waals surface area contributed by atoms with E-state index >= 15 is 0 Å². The van der Waals surface area contributed by atoms with E-state index in [4.69, 9.17) is 5.73 Å². The summed E-state index contributed by atoms with van der Waals surface area (Å²) in [6.07, 6.45) is 2.98. The van der Waals surface area contributed by atoms with Crippen molar-refractivity contribution in [3.8, 4) is 0 Å². The quantitative estimate of drug-likeness (QED) is 0.592. The fourth-order valence-electron chi connectivity index (χ4n) is 4.51. The van der Waals surface area contributed by atoms with Gasteiger partial charge in [-0.15, -0.1) is 0 Å². The van der Waals surface area contributed by atoms with Gasteiger partial charge in [-0.25, -0.2) is 13.2 Å². The van der Waals surface area contributed by atoms with E-state index in [1.807, 2.05) is 22.6 Å². The van der Waals surface area contributed by atoms with Crippen molar-refractivity contribution in [1.29, 1.82) is 0 Å². The largest absolute Gasteiger partial charge is 0.384 e. The number of benzene rings is 2. The van der Waals surface area contributed by atoms with Gasteiger partial charge in [-0.2, -0.15) is 0 Å². The Morgan fingerprint density at radius 3 is 2.40 bits per heavy atom. The van der Waals surface area contributed by atoms with E-state index in [0.29, 0.717) is 16.4 Å². The summed E-state index contributed by atoms with van der Waals surface area (Å²) >= 11 is 1.96. The second-order valence-corrected chi connectivity index (χ2v) is 9.60. The van der Waals surface area contributed by atoms with Gasteiger partial charge in [-0.3, -0.25) is 4.79 Å². The van der Waals surface area contributed by atoms with Crippen molar-refractivity contribution in [1.82, 2.24) is 4.90 Å². The van der Waals surface area contributed by atoms with Gasteiger partial charge in [0.05, 0.1) is 13.1 Å². The molecule has 160 valence electrons. The van der Waals surface area contributed by atoms with Crippen molar-refractivity contribution < 1.29 is 23.1 Å². The Morgan fingerprint density at radius 1 is 1.10 bits per heavy atom. The molecule has 30 heavy (non-hydrogen) atoms.